The van der Waals surface area contributed by atoms with E-state index in [1.807, 2.05) is 6.07 Å². The summed E-state index contributed by atoms with van der Waals surface area (Å²) in [5, 5.41) is 48.7. The van der Waals surface area contributed by atoms with Crippen molar-refractivity contribution in [3.8, 4) is 73.1 Å². The van der Waals surface area contributed by atoms with Crippen molar-refractivity contribution in [1.29, 1.82) is 5.41 Å². The van der Waals surface area contributed by atoms with E-state index in [2.05, 4.69) is 0 Å². The highest BCUT2D eigenvalue weighted by Crippen LogP contribution is 2.44. The summed E-state index contributed by atoms with van der Waals surface area (Å²) in [6.45, 7) is 0. The average Bonchev–Trinajstić information content (AvgIpc) is 3.39. The number of carboxylic acid groups (broad SMARTS) is 3. The van der Waals surface area contributed by atoms with Crippen molar-refractivity contribution in [3.05, 3.63) is 224 Å². The molecule has 15 heteroatoms. The van der Waals surface area contributed by atoms with Crippen LogP contribution in [0.5, 0.6) is 5.75 Å². The number of benzene rings is 9. The van der Waals surface area contributed by atoms with Crippen molar-refractivity contribution in [2.75, 3.05) is 11.5 Å². The molecule has 9 N–H and O–H groups in total. The molecule has 0 saturated heterocycles. The van der Waals surface area contributed by atoms with Gasteiger partial charge in [0.05, 0.1) is 22.0 Å². The first-order chi connectivity index (χ1) is 36.1. The molecule has 0 atom stereocenters. The Morgan fingerprint density at radius 3 is 1.13 bits per heavy atom. The lowest BCUT2D eigenvalue weighted by atomic mass is 9.91. The minimum Gasteiger partial charge on any atom is -0.508 e. The number of hydrogen-bond donors (Lipinski definition) is 7. The van der Waals surface area contributed by atoms with Crippen molar-refractivity contribution >= 4 is 62.2 Å². The minimum absolute atomic E-state index is 0. The molecule has 0 aromatic heterocycles. The van der Waals surface area contributed by atoms with E-state index in [1.165, 1.54) is 42.5 Å². The monoisotopic (exact) mass is 1010 g/mol. The summed E-state index contributed by atoms with van der Waals surface area (Å²) in [6, 6.07) is 49.4. The fourth-order valence-corrected chi connectivity index (χ4v) is 9.19. The van der Waals surface area contributed by atoms with Crippen LogP contribution in [0, 0.1) is 5.41 Å². The Morgan fingerprint density at radius 1 is 0.395 bits per heavy atom. The fourth-order valence-electron chi connectivity index (χ4n) is 9.19. The number of hydrogen-bond acceptors (Lipinski definition) is 12. The summed E-state index contributed by atoms with van der Waals surface area (Å²) in [5.41, 5.74) is 20.2. The number of rotatable bonds is 6. The number of nitrogens with two attached hydrogens (primary N) is 2. The summed E-state index contributed by atoms with van der Waals surface area (Å²) >= 11 is 0. The molecule has 0 radical (unpaired) electrons. The Balaban J connectivity index is 0.000000138. The third kappa shape index (κ3) is 9.53. The molecule has 3 aliphatic heterocycles. The van der Waals surface area contributed by atoms with E-state index in [-0.39, 0.29) is 40.7 Å². The van der Waals surface area contributed by atoms with Crippen LogP contribution >= 0.6 is 0 Å². The standard InChI is InChI=1S/C20H14N2O3.C20H13NO4.C20H12O5.CH4/c3*21-11-5-7-15-17(9-11)25-18-10-12(22)6-8-16(18)19(15)13-3-1-2-4-14(13)20(23)24;/h1-10,21H,22H2,(H,23,24);1-10H,21H2,(H,23,24);1-10,21H,(H,23,24);1H4. The van der Waals surface area contributed by atoms with Crippen LogP contribution in [0.25, 0.3) is 100 Å². The maximum Gasteiger partial charge on any atom is 0.336 e. The van der Waals surface area contributed by atoms with Gasteiger partial charge in [0.2, 0.25) is 0 Å². The first-order valence-electron chi connectivity index (χ1n) is 22.9. The second-order valence-corrected chi connectivity index (χ2v) is 17.2. The van der Waals surface area contributed by atoms with Gasteiger partial charge in [-0.05, 0) is 108 Å². The second-order valence-electron chi connectivity index (χ2n) is 17.2. The smallest absolute Gasteiger partial charge is 0.336 e. The zero-order valence-corrected chi connectivity index (χ0v) is 39.0. The quantitative estimate of drug-likeness (QED) is 0.0603. The Labute approximate surface area is 430 Å². The number of fused-ring (bicyclic) bond motifs is 6. The van der Waals surface area contributed by atoms with E-state index in [0.29, 0.717) is 95.1 Å². The number of anilines is 2. The third-order valence-electron chi connectivity index (χ3n) is 12.4. The first-order valence-corrected chi connectivity index (χ1v) is 22.9. The molecular weight excluding hydrogens is 967 g/mol. The van der Waals surface area contributed by atoms with Gasteiger partial charge in [-0.2, -0.15) is 0 Å². The molecule has 76 heavy (non-hydrogen) atoms. The zero-order chi connectivity index (χ0) is 52.7. The number of carbonyl (C=O) groups is 3. The van der Waals surface area contributed by atoms with Crippen molar-refractivity contribution in [2.24, 2.45) is 0 Å². The predicted molar refractivity (Wildman–Crippen MR) is 291 cm³/mol. The van der Waals surface area contributed by atoms with Gasteiger partial charge in [-0.25, -0.2) is 14.4 Å². The van der Waals surface area contributed by atoms with Gasteiger partial charge < -0.3 is 50.6 Å². The first kappa shape index (κ1) is 50.2. The van der Waals surface area contributed by atoms with Crippen LogP contribution in [0.3, 0.4) is 0 Å². The number of nitrogen functional groups attached to an aromatic ring is 2. The highest BCUT2D eigenvalue weighted by Gasteiger charge is 2.24. The van der Waals surface area contributed by atoms with Crippen LogP contribution < -0.4 is 27.7 Å². The molecule has 15 nitrogen and oxygen atoms in total. The SMILES string of the molecule is C.N=c1ccc2c(-c3ccccc3C(=O)O)c3ccc(N)cc3oc-2c1.Nc1ccc2c(-c3ccccc3C(=O)O)c3ccc(=O)cc-3oc2c1.O=C(O)c1ccccc1-c1c2ccc(=O)cc-2oc2cc(O)ccc12. The summed E-state index contributed by atoms with van der Waals surface area (Å²) in [6.07, 6.45) is 0. The lowest BCUT2D eigenvalue weighted by Crippen LogP contribution is -2.03. The van der Waals surface area contributed by atoms with Crippen LogP contribution in [0.2, 0.25) is 0 Å². The van der Waals surface area contributed by atoms with Crippen LogP contribution in [0.15, 0.2) is 205 Å². The van der Waals surface area contributed by atoms with E-state index < -0.39 is 17.9 Å². The van der Waals surface area contributed by atoms with Gasteiger partial charge in [0, 0.05) is 97.3 Å². The van der Waals surface area contributed by atoms with Crippen LogP contribution in [-0.4, -0.2) is 38.3 Å². The van der Waals surface area contributed by atoms with Crippen LogP contribution in [0.4, 0.5) is 11.4 Å². The minimum atomic E-state index is -1.04. The highest BCUT2D eigenvalue weighted by atomic mass is 16.4. The van der Waals surface area contributed by atoms with E-state index >= 15 is 0 Å². The van der Waals surface area contributed by atoms with Crippen LogP contribution in [0.1, 0.15) is 38.5 Å². The molecule has 0 saturated carbocycles. The highest BCUT2D eigenvalue weighted by molar-refractivity contribution is 6.10. The maximum atomic E-state index is 11.7. The molecule has 0 bridgehead atoms. The molecule has 6 aliphatic rings. The largest absolute Gasteiger partial charge is 0.508 e. The van der Waals surface area contributed by atoms with Gasteiger partial charge in [0.1, 0.15) is 39.8 Å². The fraction of sp³-hybridized carbons (Fsp3) is 0.0164. The molecule has 12 rings (SSSR count). The van der Waals surface area contributed by atoms with Crippen molar-refractivity contribution < 1.29 is 48.1 Å². The zero-order valence-electron chi connectivity index (χ0n) is 39.0. The summed E-state index contributed by atoms with van der Waals surface area (Å²) in [7, 11) is 0. The van der Waals surface area contributed by atoms with Gasteiger partial charge in [-0.3, -0.25) is 9.59 Å². The Hall–Kier alpha value is -10.8. The number of nitrogens with one attached hydrogen (secondary N) is 1. The van der Waals surface area contributed by atoms with Gasteiger partial charge in [-0.1, -0.05) is 62.0 Å². The van der Waals surface area contributed by atoms with E-state index in [1.54, 1.807) is 133 Å². The average molecular weight is 1010 g/mol. The number of aromatic carboxylic acids is 3. The lowest BCUT2D eigenvalue weighted by Gasteiger charge is -2.16. The molecule has 3 heterocycles. The molecule has 3 aliphatic carbocycles. The normalized spacial score (nSPS) is 10.9. The van der Waals surface area contributed by atoms with Gasteiger partial charge in [0.15, 0.2) is 10.9 Å². The van der Waals surface area contributed by atoms with Gasteiger partial charge in [0.25, 0.3) is 0 Å². The molecular formula is C61H43N3O12. The second kappa shape index (κ2) is 20.4. The molecule has 0 unspecified atom stereocenters. The van der Waals surface area contributed by atoms with E-state index in [0.717, 1.165) is 21.9 Å². The van der Waals surface area contributed by atoms with Crippen molar-refractivity contribution in [1.82, 2.24) is 0 Å². The molecule has 374 valence electrons. The molecule has 6 aromatic carbocycles. The van der Waals surface area contributed by atoms with Gasteiger partial charge >= 0.3 is 17.9 Å². The van der Waals surface area contributed by atoms with Gasteiger partial charge in [-0.15, -0.1) is 0 Å². The Kier molecular flexibility index (Phi) is 13.4. The number of phenols is 1. The molecule has 0 amide bonds. The summed E-state index contributed by atoms with van der Waals surface area (Å²) in [5.74, 6) is -1.80. The number of phenolic OH excluding ortho intramolecular Hbond substituents is 1. The number of carboxylic acids is 3. The lowest BCUT2D eigenvalue weighted by molar-refractivity contribution is 0.0687. The third-order valence-corrected chi connectivity index (χ3v) is 12.4. The van der Waals surface area contributed by atoms with Crippen molar-refractivity contribution in [3.63, 3.8) is 0 Å². The maximum absolute atomic E-state index is 11.7. The molecule has 6 aromatic rings. The Bertz CT molecular complexity index is 3920. The van der Waals surface area contributed by atoms with E-state index in [9.17, 15) is 44.4 Å². The summed E-state index contributed by atoms with van der Waals surface area (Å²) in [4.78, 5) is 58.5. The van der Waals surface area contributed by atoms with Crippen molar-refractivity contribution in [2.45, 2.75) is 7.43 Å². The number of aromatic hydroxyl groups is 1. The predicted octanol–water partition coefficient (Wildman–Crippen LogP) is 12.4. The summed E-state index contributed by atoms with van der Waals surface area (Å²) < 4.78 is 17.5. The Morgan fingerprint density at radius 2 is 0.737 bits per heavy atom. The molecule has 0 spiro atoms. The van der Waals surface area contributed by atoms with E-state index in [4.69, 9.17) is 30.1 Å². The molecule has 0 fully saturated rings. The topological polar surface area (TPSA) is 282 Å². The van der Waals surface area contributed by atoms with Crippen LogP contribution in [-0.2, 0) is 0 Å².